The lowest BCUT2D eigenvalue weighted by Crippen LogP contribution is -2.46. The molecule has 16 heteroatoms. The average Bonchev–Trinajstić information content (AvgIpc) is 3.05. The predicted octanol–water partition coefficient (Wildman–Crippen LogP) is 3.14. The largest absolute Gasteiger partial charge is 0.490 e. The van der Waals surface area contributed by atoms with Crippen LogP contribution in [0.5, 0.6) is 0 Å². The van der Waals surface area contributed by atoms with Gasteiger partial charge in [-0.05, 0) is 19.9 Å². The maximum atomic E-state index is 10.6. The number of hydrogen-bond donors (Lipinski definition) is 2. The van der Waals surface area contributed by atoms with Crippen molar-refractivity contribution < 1.29 is 46.1 Å². The Labute approximate surface area is 193 Å². The zero-order valence-corrected chi connectivity index (χ0v) is 18.7. The molecule has 34 heavy (non-hydrogen) atoms. The van der Waals surface area contributed by atoms with E-state index in [0.29, 0.717) is 0 Å². The van der Waals surface area contributed by atoms with E-state index < -0.39 is 24.3 Å². The Kier molecular flexibility index (Phi) is 10.6. The van der Waals surface area contributed by atoms with Gasteiger partial charge in [-0.15, -0.1) is 11.3 Å². The summed E-state index contributed by atoms with van der Waals surface area (Å²) in [5.41, 5.74) is 1.18. The van der Waals surface area contributed by atoms with Crippen LogP contribution in [0.15, 0.2) is 18.5 Å². The summed E-state index contributed by atoms with van der Waals surface area (Å²) in [6.07, 6.45) is -6.56. The van der Waals surface area contributed by atoms with Crippen molar-refractivity contribution in [1.82, 2.24) is 19.9 Å². The van der Waals surface area contributed by atoms with E-state index >= 15 is 0 Å². The van der Waals surface area contributed by atoms with Crippen molar-refractivity contribution in [2.24, 2.45) is 0 Å². The lowest BCUT2D eigenvalue weighted by atomic mass is 10.3. The number of carboxylic acids is 2. The molecule has 2 aromatic rings. The minimum Gasteiger partial charge on any atom is -0.475 e. The smallest absolute Gasteiger partial charge is 0.475 e. The van der Waals surface area contributed by atoms with Crippen LogP contribution in [0.3, 0.4) is 0 Å². The van der Waals surface area contributed by atoms with Gasteiger partial charge in [0, 0.05) is 50.0 Å². The van der Waals surface area contributed by atoms with Gasteiger partial charge in [-0.1, -0.05) is 0 Å². The van der Waals surface area contributed by atoms with Crippen LogP contribution in [0.1, 0.15) is 15.6 Å². The van der Waals surface area contributed by atoms with Crippen molar-refractivity contribution in [1.29, 1.82) is 0 Å². The molecule has 0 radical (unpaired) electrons. The number of alkyl halides is 6. The summed E-state index contributed by atoms with van der Waals surface area (Å²) in [7, 11) is 0. The number of thiazole rings is 1. The fourth-order valence-electron chi connectivity index (χ4n) is 2.48. The van der Waals surface area contributed by atoms with E-state index in [1.807, 2.05) is 17.4 Å². The first-order valence-electron chi connectivity index (χ1n) is 9.38. The van der Waals surface area contributed by atoms with Crippen LogP contribution in [-0.4, -0.2) is 80.5 Å². The summed E-state index contributed by atoms with van der Waals surface area (Å²) in [4.78, 5) is 37.1. The van der Waals surface area contributed by atoms with Crippen molar-refractivity contribution in [3.8, 4) is 0 Å². The number of carbonyl (C=O) groups is 2. The molecule has 0 amide bonds. The molecule has 0 aromatic carbocycles. The number of carboxylic acid groups (broad SMARTS) is 2. The van der Waals surface area contributed by atoms with Gasteiger partial charge in [0.05, 0.1) is 10.7 Å². The van der Waals surface area contributed by atoms with Crippen LogP contribution in [0, 0.1) is 13.8 Å². The van der Waals surface area contributed by atoms with Crippen LogP contribution in [0.25, 0.3) is 0 Å². The Morgan fingerprint density at radius 1 is 0.941 bits per heavy atom. The number of rotatable bonds is 3. The zero-order valence-electron chi connectivity index (χ0n) is 17.9. The molecule has 1 fully saturated rings. The SMILES string of the molecule is Cc1nc(C)c(CN2CCN(c3ncccn3)CC2)s1.O=C(O)C(F)(F)F.O=C(O)C(F)(F)F. The minimum absolute atomic E-state index is 0.844. The van der Waals surface area contributed by atoms with Gasteiger partial charge >= 0.3 is 24.3 Å². The number of halogens is 6. The molecule has 190 valence electrons. The molecular weight excluding hydrogens is 496 g/mol. The van der Waals surface area contributed by atoms with Gasteiger partial charge in [-0.2, -0.15) is 26.3 Å². The molecule has 1 aliphatic heterocycles. The van der Waals surface area contributed by atoms with Crippen LogP contribution in [-0.2, 0) is 16.1 Å². The quantitative estimate of drug-likeness (QED) is 0.592. The number of anilines is 1. The monoisotopic (exact) mass is 517 g/mol. The molecule has 0 spiro atoms. The van der Waals surface area contributed by atoms with Crippen molar-refractivity contribution >= 4 is 29.2 Å². The second-order valence-corrected chi connectivity index (χ2v) is 7.95. The molecule has 1 saturated heterocycles. The molecule has 1 aliphatic rings. The Morgan fingerprint density at radius 3 is 1.74 bits per heavy atom. The molecule has 0 aliphatic carbocycles. The number of aryl methyl sites for hydroxylation is 2. The van der Waals surface area contributed by atoms with Crippen LogP contribution < -0.4 is 4.90 Å². The predicted molar refractivity (Wildman–Crippen MR) is 108 cm³/mol. The topological polar surface area (TPSA) is 120 Å². The summed E-state index contributed by atoms with van der Waals surface area (Å²) >= 11 is 1.81. The standard InChI is InChI=1S/C14H19N5S.2C2HF3O2/c1-11-13(20-12(2)17-11)10-18-6-8-19(9-7-18)14-15-4-3-5-16-14;2*3-2(4,5)1(6)7/h3-5H,6-10H2,1-2H3;2*(H,6,7). The van der Waals surface area contributed by atoms with Gasteiger partial charge in [0.25, 0.3) is 0 Å². The van der Waals surface area contributed by atoms with Crippen molar-refractivity contribution in [2.45, 2.75) is 32.7 Å². The van der Waals surface area contributed by atoms with E-state index in [2.05, 4.69) is 38.6 Å². The Bertz CT molecular complexity index is 907. The normalized spacial score (nSPS) is 14.4. The molecule has 0 unspecified atom stereocenters. The lowest BCUT2D eigenvalue weighted by Gasteiger charge is -2.34. The molecule has 9 nitrogen and oxygen atoms in total. The maximum Gasteiger partial charge on any atom is 0.490 e. The van der Waals surface area contributed by atoms with Gasteiger partial charge < -0.3 is 15.1 Å². The fourth-order valence-corrected chi connectivity index (χ4v) is 3.46. The molecule has 2 aromatic heterocycles. The molecule has 0 bridgehead atoms. The van der Waals surface area contributed by atoms with Crippen molar-refractivity contribution in [3.05, 3.63) is 34.0 Å². The maximum absolute atomic E-state index is 10.6. The molecular formula is C18H21F6N5O4S. The van der Waals surface area contributed by atoms with E-state index in [1.165, 1.54) is 10.6 Å². The number of aromatic nitrogens is 3. The highest BCUT2D eigenvalue weighted by Gasteiger charge is 2.38. The first kappa shape index (κ1) is 29.0. The second kappa shape index (κ2) is 12.5. The van der Waals surface area contributed by atoms with Crippen molar-refractivity contribution in [3.63, 3.8) is 0 Å². The highest BCUT2D eigenvalue weighted by molar-refractivity contribution is 7.11. The third-order valence-corrected chi connectivity index (χ3v) is 5.12. The number of aliphatic carboxylic acids is 2. The summed E-state index contributed by atoms with van der Waals surface area (Å²) in [5.74, 6) is -4.67. The summed E-state index contributed by atoms with van der Waals surface area (Å²) in [5, 5.41) is 15.4. The third-order valence-electron chi connectivity index (χ3n) is 4.06. The average molecular weight is 517 g/mol. The molecule has 3 rings (SSSR count). The number of hydrogen-bond acceptors (Lipinski definition) is 8. The third kappa shape index (κ3) is 10.3. The fraction of sp³-hybridized carbons (Fsp3) is 0.500. The van der Waals surface area contributed by atoms with Crippen LogP contribution in [0.4, 0.5) is 32.3 Å². The number of piperazine rings is 1. The zero-order chi connectivity index (χ0) is 26.1. The molecule has 0 atom stereocenters. The van der Waals surface area contributed by atoms with E-state index in [1.54, 1.807) is 12.4 Å². The summed E-state index contributed by atoms with van der Waals surface area (Å²) in [6, 6.07) is 1.86. The van der Waals surface area contributed by atoms with Crippen LogP contribution >= 0.6 is 11.3 Å². The first-order chi connectivity index (χ1) is 15.6. The molecule has 3 heterocycles. The summed E-state index contributed by atoms with van der Waals surface area (Å²) < 4.78 is 63.5. The van der Waals surface area contributed by atoms with E-state index in [4.69, 9.17) is 19.8 Å². The van der Waals surface area contributed by atoms with Gasteiger partial charge in [0.2, 0.25) is 5.95 Å². The first-order valence-corrected chi connectivity index (χ1v) is 10.2. The minimum atomic E-state index is -5.08. The lowest BCUT2D eigenvalue weighted by molar-refractivity contribution is -0.193. The Balaban J connectivity index is 0.000000343. The van der Waals surface area contributed by atoms with E-state index in [0.717, 1.165) is 43.7 Å². The van der Waals surface area contributed by atoms with E-state index in [9.17, 15) is 26.3 Å². The van der Waals surface area contributed by atoms with Gasteiger partial charge in [-0.3, -0.25) is 4.90 Å². The van der Waals surface area contributed by atoms with E-state index in [-0.39, 0.29) is 0 Å². The molecule has 2 N–H and O–H groups in total. The van der Waals surface area contributed by atoms with Gasteiger partial charge in [-0.25, -0.2) is 24.5 Å². The Morgan fingerprint density at radius 2 is 1.38 bits per heavy atom. The highest BCUT2D eigenvalue weighted by atomic mass is 32.1. The Hall–Kier alpha value is -3.01. The van der Waals surface area contributed by atoms with Gasteiger partial charge in [0.1, 0.15) is 0 Å². The van der Waals surface area contributed by atoms with Gasteiger partial charge in [0.15, 0.2) is 0 Å². The highest BCUT2D eigenvalue weighted by Crippen LogP contribution is 2.20. The van der Waals surface area contributed by atoms with Crippen molar-refractivity contribution in [2.75, 3.05) is 31.1 Å². The van der Waals surface area contributed by atoms with Crippen LogP contribution in [0.2, 0.25) is 0 Å². The summed E-state index contributed by atoms with van der Waals surface area (Å²) in [6.45, 7) is 9.27. The molecule has 0 saturated carbocycles. The number of nitrogens with zero attached hydrogens (tertiary/aromatic N) is 5. The second-order valence-electron chi connectivity index (χ2n) is 6.66.